The van der Waals surface area contributed by atoms with E-state index in [0.29, 0.717) is 19.3 Å². The van der Waals surface area contributed by atoms with E-state index in [1.54, 1.807) is 0 Å². The fraction of sp³-hybridized carbons (Fsp3) is 1.00. The molecule has 1 aliphatic heterocycles. The van der Waals surface area contributed by atoms with Gasteiger partial charge in [0.1, 0.15) is 0 Å². The van der Waals surface area contributed by atoms with Gasteiger partial charge in [-0.2, -0.15) is 0 Å². The molecule has 1 fully saturated rings. The smallest absolute Gasteiger partial charge is 0.0809 e. The number of nitrogens with two attached hydrogens (primary N) is 1. The average Bonchev–Trinajstić information content (AvgIpc) is 2.52. The van der Waals surface area contributed by atoms with Gasteiger partial charge in [-0.1, -0.05) is 0 Å². The molecule has 0 aromatic heterocycles. The molecule has 1 heterocycles. The first-order valence-electron chi connectivity index (χ1n) is 4.26. The largest absolute Gasteiger partial charge is 0.376 e. The van der Waals surface area contributed by atoms with Crippen molar-refractivity contribution >= 4 is 0 Å². The SMILES string of the molecule is CC(CN)OCC1CCCO1. The molecule has 0 amide bonds. The number of hydrogen-bond donors (Lipinski definition) is 1. The first-order valence-corrected chi connectivity index (χ1v) is 4.26. The van der Waals surface area contributed by atoms with Gasteiger partial charge in [-0.25, -0.2) is 0 Å². The summed E-state index contributed by atoms with van der Waals surface area (Å²) in [5.74, 6) is 0. The van der Waals surface area contributed by atoms with Crippen LogP contribution in [0.2, 0.25) is 0 Å². The number of ether oxygens (including phenoxy) is 2. The number of hydrogen-bond acceptors (Lipinski definition) is 3. The minimum Gasteiger partial charge on any atom is -0.376 e. The lowest BCUT2D eigenvalue weighted by molar-refractivity contribution is -0.0106. The third kappa shape index (κ3) is 3.18. The van der Waals surface area contributed by atoms with Crippen LogP contribution in [-0.4, -0.2) is 32.0 Å². The van der Waals surface area contributed by atoms with Crippen LogP contribution in [0.1, 0.15) is 19.8 Å². The van der Waals surface area contributed by atoms with Gasteiger partial charge in [0.05, 0.1) is 18.8 Å². The van der Waals surface area contributed by atoms with Crippen molar-refractivity contribution < 1.29 is 9.47 Å². The highest BCUT2D eigenvalue weighted by Gasteiger charge is 2.16. The summed E-state index contributed by atoms with van der Waals surface area (Å²) in [4.78, 5) is 0. The molecule has 0 aromatic rings. The van der Waals surface area contributed by atoms with Crippen molar-refractivity contribution in [1.29, 1.82) is 0 Å². The summed E-state index contributed by atoms with van der Waals surface area (Å²) in [5.41, 5.74) is 5.39. The first kappa shape index (κ1) is 8.97. The maximum Gasteiger partial charge on any atom is 0.0809 e. The lowest BCUT2D eigenvalue weighted by Gasteiger charge is -2.14. The van der Waals surface area contributed by atoms with Crippen molar-refractivity contribution in [1.82, 2.24) is 0 Å². The molecule has 0 bridgehead atoms. The number of rotatable bonds is 4. The van der Waals surface area contributed by atoms with Crippen LogP contribution in [-0.2, 0) is 9.47 Å². The van der Waals surface area contributed by atoms with Gasteiger partial charge in [-0.3, -0.25) is 0 Å². The maximum atomic E-state index is 5.43. The van der Waals surface area contributed by atoms with E-state index in [1.165, 1.54) is 6.42 Å². The molecule has 3 nitrogen and oxygen atoms in total. The van der Waals surface area contributed by atoms with E-state index in [2.05, 4.69) is 0 Å². The van der Waals surface area contributed by atoms with E-state index in [-0.39, 0.29) is 6.10 Å². The molecule has 0 saturated carbocycles. The van der Waals surface area contributed by atoms with E-state index >= 15 is 0 Å². The van der Waals surface area contributed by atoms with Crippen molar-refractivity contribution in [3.05, 3.63) is 0 Å². The Morgan fingerprint density at radius 2 is 2.55 bits per heavy atom. The predicted octanol–water partition coefficient (Wildman–Crippen LogP) is 0.529. The summed E-state index contributed by atoms with van der Waals surface area (Å²) in [5, 5.41) is 0. The topological polar surface area (TPSA) is 44.5 Å². The second kappa shape index (κ2) is 4.70. The van der Waals surface area contributed by atoms with Crippen LogP contribution in [0.25, 0.3) is 0 Å². The minimum atomic E-state index is 0.166. The fourth-order valence-corrected chi connectivity index (χ4v) is 1.12. The summed E-state index contributed by atoms with van der Waals surface area (Å²) in [7, 11) is 0. The van der Waals surface area contributed by atoms with E-state index in [1.807, 2.05) is 6.92 Å². The molecule has 2 unspecified atom stereocenters. The van der Waals surface area contributed by atoms with E-state index < -0.39 is 0 Å². The second-order valence-corrected chi connectivity index (χ2v) is 3.01. The third-order valence-corrected chi connectivity index (χ3v) is 1.92. The standard InChI is InChI=1S/C8H17NO2/c1-7(5-9)11-6-8-3-2-4-10-8/h7-8H,2-6,9H2,1H3. The molecule has 0 spiro atoms. The Kier molecular flexibility index (Phi) is 3.83. The second-order valence-electron chi connectivity index (χ2n) is 3.01. The van der Waals surface area contributed by atoms with Gasteiger partial charge in [0, 0.05) is 13.2 Å². The molecule has 11 heavy (non-hydrogen) atoms. The van der Waals surface area contributed by atoms with Crippen LogP contribution >= 0.6 is 0 Å². The van der Waals surface area contributed by atoms with Crippen LogP contribution in [0.15, 0.2) is 0 Å². The van der Waals surface area contributed by atoms with Gasteiger partial charge in [0.2, 0.25) is 0 Å². The normalized spacial score (nSPS) is 27.3. The molecule has 0 aromatic carbocycles. The zero-order valence-electron chi connectivity index (χ0n) is 7.08. The first-order chi connectivity index (χ1) is 5.33. The summed E-state index contributed by atoms with van der Waals surface area (Å²) < 4.78 is 10.8. The van der Waals surface area contributed by atoms with Gasteiger partial charge < -0.3 is 15.2 Å². The minimum absolute atomic E-state index is 0.166. The molecule has 3 heteroatoms. The zero-order chi connectivity index (χ0) is 8.10. The molecule has 1 saturated heterocycles. The Morgan fingerprint density at radius 3 is 3.09 bits per heavy atom. The Balaban J connectivity index is 2.01. The van der Waals surface area contributed by atoms with E-state index in [0.717, 1.165) is 13.0 Å². The average molecular weight is 159 g/mol. The van der Waals surface area contributed by atoms with Crippen LogP contribution in [0.3, 0.4) is 0 Å². The molecule has 66 valence electrons. The van der Waals surface area contributed by atoms with Gasteiger partial charge in [-0.05, 0) is 19.8 Å². The van der Waals surface area contributed by atoms with Gasteiger partial charge in [0.15, 0.2) is 0 Å². The summed E-state index contributed by atoms with van der Waals surface area (Å²) >= 11 is 0. The Morgan fingerprint density at radius 1 is 1.73 bits per heavy atom. The van der Waals surface area contributed by atoms with Gasteiger partial charge in [0.25, 0.3) is 0 Å². The van der Waals surface area contributed by atoms with Crippen molar-refractivity contribution in [3.8, 4) is 0 Å². The van der Waals surface area contributed by atoms with Crippen molar-refractivity contribution in [2.75, 3.05) is 19.8 Å². The molecular formula is C8H17NO2. The molecule has 1 rings (SSSR count). The fourth-order valence-electron chi connectivity index (χ4n) is 1.12. The van der Waals surface area contributed by atoms with Gasteiger partial charge in [-0.15, -0.1) is 0 Å². The highest BCUT2D eigenvalue weighted by molar-refractivity contribution is 4.64. The lowest BCUT2D eigenvalue weighted by atomic mass is 10.2. The van der Waals surface area contributed by atoms with Crippen molar-refractivity contribution in [2.24, 2.45) is 5.73 Å². The molecule has 2 N–H and O–H groups in total. The predicted molar refractivity (Wildman–Crippen MR) is 43.4 cm³/mol. The van der Waals surface area contributed by atoms with Crippen molar-refractivity contribution in [2.45, 2.75) is 32.0 Å². The highest BCUT2D eigenvalue weighted by Crippen LogP contribution is 2.12. The van der Waals surface area contributed by atoms with E-state index in [4.69, 9.17) is 15.2 Å². The van der Waals surface area contributed by atoms with Crippen LogP contribution in [0, 0.1) is 0 Å². The Hall–Kier alpha value is -0.120. The lowest BCUT2D eigenvalue weighted by Crippen LogP contribution is -2.25. The third-order valence-electron chi connectivity index (χ3n) is 1.92. The van der Waals surface area contributed by atoms with Gasteiger partial charge >= 0.3 is 0 Å². The molecule has 2 atom stereocenters. The molecule has 0 radical (unpaired) electrons. The molecular weight excluding hydrogens is 142 g/mol. The maximum absolute atomic E-state index is 5.43. The van der Waals surface area contributed by atoms with E-state index in [9.17, 15) is 0 Å². The Bertz CT molecular complexity index is 102. The quantitative estimate of drug-likeness (QED) is 0.650. The van der Waals surface area contributed by atoms with Crippen LogP contribution in [0.5, 0.6) is 0 Å². The summed E-state index contributed by atoms with van der Waals surface area (Å²) in [6.45, 7) is 4.17. The molecule has 1 aliphatic rings. The molecule has 0 aliphatic carbocycles. The highest BCUT2D eigenvalue weighted by atomic mass is 16.5. The van der Waals surface area contributed by atoms with Crippen LogP contribution in [0.4, 0.5) is 0 Å². The van der Waals surface area contributed by atoms with Crippen molar-refractivity contribution in [3.63, 3.8) is 0 Å². The summed E-state index contributed by atoms with van der Waals surface area (Å²) in [6, 6.07) is 0. The summed E-state index contributed by atoms with van der Waals surface area (Å²) in [6.07, 6.45) is 2.80. The Labute approximate surface area is 67.9 Å². The zero-order valence-corrected chi connectivity index (χ0v) is 7.08. The monoisotopic (exact) mass is 159 g/mol. The van der Waals surface area contributed by atoms with Crippen LogP contribution < -0.4 is 5.73 Å².